The minimum absolute atomic E-state index is 0.566. The van der Waals surface area contributed by atoms with Crippen molar-refractivity contribution in [3.05, 3.63) is 33.1 Å². The number of hydrogen-bond acceptors (Lipinski definition) is 5. The molecule has 6 heteroatoms. The Kier molecular flexibility index (Phi) is 3.03. The van der Waals surface area contributed by atoms with Crippen molar-refractivity contribution in [1.29, 1.82) is 0 Å². The second-order valence-electron chi connectivity index (χ2n) is 4.33. The summed E-state index contributed by atoms with van der Waals surface area (Å²) in [6.45, 7) is 0. The predicted octanol–water partition coefficient (Wildman–Crippen LogP) is 4.86. The van der Waals surface area contributed by atoms with Gasteiger partial charge in [-0.3, -0.25) is 0 Å². The van der Waals surface area contributed by atoms with Gasteiger partial charge in [0.2, 0.25) is 0 Å². The summed E-state index contributed by atoms with van der Waals surface area (Å²) in [6.07, 6.45) is 1.17. The average Bonchev–Trinajstić information content (AvgIpc) is 3.04. The van der Waals surface area contributed by atoms with E-state index in [4.69, 9.17) is 11.6 Å². The van der Waals surface area contributed by atoms with Crippen molar-refractivity contribution in [2.24, 2.45) is 0 Å². The van der Waals surface area contributed by atoms with E-state index in [1.165, 1.54) is 22.6 Å². The van der Waals surface area contributed by atoms with Gasteiger partial charge >= 0.3 is 0 Å². The van der Waals surface area contributed by atoms with Gasteiger partial charge in [0, 0.05) is 10.6 Å². The lowest BCUT2D eigenvalue weighted by Gasteiger charge is -2.08. The predicted molar refractivity (Wildman–Crippen MR) is 85.6 cm³/mol. The molecule has 1 aliphatic heterocycles. The van der Waals surface area contributed by atoms with Crippen molar-refractivity contribution in [1.82, 2.24) is 9.97 Å². The first-order chi connectivity index (χ1) is 9.31. The zero-order valence-corrected chi connectivity index (χ0v) is 13.1. The fourth-order valence-electron chi connectivity index (χ4n) is 2.20. The zero-order chi connectivity index (χ0) is 12.8. The van der Waals surface area contributed by atoms with Crippen LogP contribution >= 0.6 is 46.0 Å². The van der Waals surface area contributed by atoms with Gasteiger partial charge in [0.05, 0.1) is 15.1 Å². The lowest BCUT2D eigenvalue weighted by atomic mass is 10.2. The smallest absolute Gasteiger partial charge is 0.171 e. The molecule has 2 nitrogen and oxygen atoms in total. The number of thiophene rings is 2. The Morgan fingerprint density at radius 2 is 2.21 bits per heavy atom. The third kappa shape index (κ3) is 2.09. The Hall–Kier alpha value is -0.620. The maximum Gasteiger partial charge on any atom is 0.171 e. The van der Waals surface area contributed by atoms with Gasteiger partial charge in [-0.1, -0.05) is 11.6 Å². The van der Waals surface area contributed by atoms with E-state index in [0.717, 1.165) is 26.7 Å². The largest absolute Gasteiger partial charge is 0.226 e. The van der Waals surface area contributed by atoms with Crippen LogP contribution in [0.3, 0.4) is 0 Å². The van der Waals surface area contributed by atoms with Crippen molar-refractivity contribution in [3.8, 4) is 10.7 Å². The molecule has 19 heavy (non-hydrogen) atoms. The molecule has 1 aliphatic rings. The Bertz CT molecular complexity index is 739. The quantitative estimate of drug-likeness (QED) is 0.598. The van der Waals surface area contributed by atoms with E-state index in [9.17, 15) is 0 Å². The highest BCUT2D eigenvalue weighted by Gasteiger charge is 2.17. The minimum atomic E-state index is 0.566. The van der Waals surface area contributed by atoms with Gasteiger partial charge in [0.15, 0.2) is 11.0 Å². The van der Waals surface area contributed by atoms with E-state index in [1.54, 1.807) is 11.3 Å². The summed E-state index contributed by atoms with van der Waals surface area (Å²) in [4.78, 5) is 11.7. The van der Waals surface area contributed by atoms with E-state index < -0.39 is 0 Å². The van der Waals surface area contributed by atoms with Gasteiger partial charge in [0.25, 0.3) is 0 Å². The molecule has 0 saturated carbocycles. The zero-order valence-electron chi connectivity index (χ0n) is 9.85. The molecule has 0 unspecified atom stereocenters. The van der Waals surface area contributed by atoms with Gasteiger partial charge < -0.3 is 0 Å². The fourth-order valence-corrected chi connectivity index (χ4v) is 5.52. The summed E-state index contributed by atoms with van der Waals surface area (Å²) >= 11 is 11.6. The molecule has 0 fully saturated rings. The summed E-state index contributed by atoms with van der Waals surface area (Å²) in [7, 11) is 0. The lowest BCUT2D eigenvalue weighted by molar-refractivity contribution is 1.13. The summed E-state index contributed by atoms with van der Waals surface area (Å²) in [5, 5.41) is 2.57. The lowest BCUT2D eigenvalue weighted by Crippen LogP contribution is -1.96. The Labute approximate surface area is 127 Å². The number of rotatable bonds is 1. The van der Waals surface area contributed by atoms with E-state index in [-0.39, 0.29) is 0 Å². The van der Waals surface area contributed by atoms with Crippen LogP contribution in [-0.4, -0.2) is 15.7 Å². The van der Waals surface area contributed by atoms with Crippen molar-refractivity contribution in [2.45, 2.75) is 12.2 Å². The van der Waals surface area contributed by atoms with E-state index in [0.29, 0.717) is 5.15 Å². The molecule has 0 bridgehead atoms. The van der Waals surface area contributed by atoms with E-state index in [1.807, 2.05) is 34.5 Å². The Morgan fingerprint density at radius 1 is 1.26 bits per heavy atom. The first-order valence-corrected chi connectivity index (χ1v) is 9.14. The molecule has 0 amide bonds. The second kappa shape index (κ2) is 4.74. The molecule has 0 atom stereocenters. The highest BCUT2D eigenvalue weighted by molar-refractivity contribution is 7.98. The maximum atomic E-state index is 6.24. The number of thioether (sulfide) groups is 1. The normalized spacial score (nSPS) is 14.8. The van der Waals surface area contributed by atoms with Gasteiger partial charge in [-0.25, -0.2) is 9.97 Å². The molecule has 0 aromatic carbocycles. The highest BCUT2D eigenvalue weighted by Crippen LogP contribution is 2.37. The first kappa shape index (κ1) is 12.1. The van der Waals surface area contributed by atoms with Gasteiger partial charge in [-0.05, 0) is 35.2 Å². The standard InChI is InChI=1S/C13H9ClN2S3/c14-12-11-8(1-4-18-11)15-13(16-12)10-5-7-6-17-3-2-9(7)19-10/h1,4-5H,2-3,6H2. The summed E-state index contributed by atoms with van der Waals surface area (Å²) in [5.41, 5.74) is 2.39. The van der Waals surface area contributed by atoms with Gasteiger partial charge in [0.1, 0.15) is 0 Å². The number of aryl methyl sites for hydroxylation is 1. The van der Waals surface area contributed by atoms with Gasteiger partial charge in [-0.15, -0.1) is 22.7 Å². The number of hydrogen-bond donors (Lipinski definition) is 0. The molecule has 0 radical (unpaired) electrons. The molecule has 3 aromatic heterocycles. The Balaban J connectivity index is 1.87. The van der Waals surface area contributed by atoms with Crippen molar-refractivity contribution >= 4 is 56.3 Å². The molecule has 3 aromatic rings. The van der Waals surface area contributed by atoms with Crippen molar-refractivity contribution in [2.75, 3.05) is 5.75 Å². The number of halogens is 1. The van der Waals surface area contributed by atoms with E-state index >= 15 is 0 Å². The highest BCUT2D eigenvalue weighted by atomic mass is 35.5. The van der Waals surface area contributed by atoms with Crippen LogP contribution in [0.5, 0.6) is 0 Å². The first-order valence-electron chi connectivity index (χ1n) is 5.92. The summed E-state index contributed by atoms with van der Waals surface area (Å²) in [5.74, 6) is 3.10. The number of fused-ring (bicyclic) bond motifs is 2. The third-order valence-corrected chi connectivity index (χ3v) is 6.65. The van der Waals surface area contributed by atoms with Crippen LogP contribution in [0.25, 0.3) is 20.9 Å². The molecular formula is C13H9ClN2S3. The van der Waals surface area contributed by atoms with Crippen LogP contribution in [0, 0.1) is 0 Å². The topological polar surface area (TPSA) is 25.8 Å². The molecule has 96 valence electrons. The minimum Gasteiger partial charge on any atom is -0.226 e. The molecular weight excluding hydrogens is 316 g/mol. The number of aromatic nitrogens is 2. The molecule has 0 spiro atoms. The molecule has 4 rings (SSSR count). The van der Waals surface area contributed by atoms with Crippen LogP contribution in [0.15, 0.2) is 17.5 Å². The SMILES string of the molecule is Clc1nc(-c2cc3c(s2)CCSC3)nc2ccsc12. The molecule has 0 aliphatic carbocycles. The third-order valence-electron chi connectivity index (χ3n) is 3.11. The van der Waals surface area contributed by atoms with Crippen LogP contribution in [-0.2, 0) is 12.2 Å². The van der Waals surface area contributed by atoms with Crippen LogP contribution in [0.4, 0.5) is 0 Å². The summed E-state index contributed by atoms with van der Waals surface area (Å²) in [6, 6.07) is 4.23. The maximum absolute atomic E-state index is 6.24. The average molecular weight is 325 g/mol. The van der Waals surface area contributed by atoms with E-state index in [2.05, 4.69) is 16.0 Å². The fraction of sp³-hybridized carbons (Fsp3) is 0.231. The van der Waals surface area contributed by atoms with Crippen LogP contribution < -0.4 is 0 Å². The van der Waals surface area contributed by atoms with Crippen LogP contribution in [0.1, 0.15) is 10.4 Å². The van der Waals surface area contributed by atoms with Crippen molar-refractivity contribution < 1.29 is 0 Å². The monoisotopic (exact) mass is 324 g/mol. The number of nitrogens with zero attached hydrogens (tertiary/aromatic N) is 2. The molecule has 0 N–H and O–H groups in total. The van der Waals surface area contributed by atoms with Crippen molar-refractivity contribution in [3.63, 3.8) is 0 Å². The summed E-state index contributed by atoms with van der Waals surface area (Å²) < 4.78 is 0.974. The molecule has 4 heterocycles. The molecule has 0 saturated heterocycles. The van der Waals surface area contributed by atoms with Crippen LogP contribution in [0.2, 0.25) is 5.15 Å². The second-order valence-corrected chi connectivity index (χ2v) is 7.85. The van der Waals surface area contributed by atoms with Gasteiger partial charge in [-0.2, -0.15) is 11.8 Å². The Morgan fingerprint density at radius 3 is 3.11 bits per heavy atom.